The fourth-order valence-corrected chi connectivity index (χ4v) is 3.88. The van der Waals surface area contributed by atoms with E-state index >= 15 is 0 Å². The summed E-state index contributed by atoms with van der Waals surface area (Å²) in [7, 11) is 2.07. The Labute approximate surface area is 150 Å². The Bertz CT molecular complexity index is 568. The molecular formula is C18H31N5O2. The van der Waals surface area contributed by atoms with Gasteiger partial charge in [0.05, 0.1) is 6.54 Å². The van der Waals surface area contributed by atoms with Crippen LogP contribution in [0.3, 0.4) is 0 Å². The summed E-state index contributed by atoms with van der Waals surface area (Å²) < 4.78 is 7.42. The van der Waals surface area contributed by atoms with Crippen LogP contribution in [-0.2, 0) is 23.1 Å². The topological polar surface area (TPSA) is 63.5 Å². The van der Waals surface area contributed by atoms with Crippen molar-refractivity contribution in [1.29, 1.82) is 0 Å². The van der Waals surface area contributed by atoms with Crippen molar-refractivity contribution in [3.8, 4) is 0 Å². The number of piperidine rings is 2. The summed E-state index contributed by atoms with van der Waals surface area (Å²) in [6, 6.07) is 0. The average Bonchev–Trinajstić information content (AvgIpc) is 3.01. The summed E-state index contributed by atoms with van der Waals surface area (Å²) in [4.78, 5) is 16.6. The third-order valence-electron chi connectivity index (χ3n) is 5.38. The number of nitrogens with zero attached hydrogens (tertiary/aromatic N) is 5. The highest BCUT2D eigenvalue weighted by atomic mass is 16.5. The average molecular weight is 349 g/mol. The van der Waals surface area contributed by atoms with Crippen molar-refractivity contribution >= 4 is 5.91 Å². The second-order valence-electron chi connectivity index (χ2n) is 7.19. The van der Waals surface area contributed by atoms with Crippen molar-refractivity contribution < 1.29 is 9.53 Å². The smallest absolute Gasteiger partial charge is 0.248 e. The van der Waals surface area contributed by atoms with Gasteiger partial charge < -0.3 is 14.2 Å². The van der Waals surface area contributed by atoms with E-state index in [9.17, 15) is 4.79 Å². The molecule has 2 fully saturated rings. The number of amides is 1. The van der Waals surface area contributed by atoms with Crippen LogP contribution in [0.15, 0.2) is 0 Å². The summed E-state index contributed by atoms with van der Waals surface area (Å²) >= 11 is 0. The summed E-state index contributed by atoms with van der Waals surface area (Å²) in [6.07, 6.45) is 5.98. The lowest BCUT2D eigenvalue weighted by atomic mass is 9.97. The highest BCUT2D eigenvalue weighted by Gasteiger charge is 2.28. The van der Waals surface area contributed by atoms with E-state index in [4.69, 9.17) is 4.74 Å². The van der Waals surface area contributed by atoms with E-state index in [1.54, 1.807) is 0 Å². The predicted molar refractivity (Wildman–Crippen MR) is 95.2 cm³/mol. The Morgan fingerprint density at radius 3 is 2.72 bits per heavy atom. The van der Waals surface area contributed by atoms with Crippen LogP contribution < -0.4 is 0 Å². The van der Waals surface area contributed by atoms with Gasteiger partial charge in [-0.1, -0.05) is 6.42 Å². The maximum absolute atomic E-state index is 12.2. The lowest BCUT2D eigenvalue weighted by Crippen LogP contribution is -2.41. The quantitative estimate of drug-likeness (QED) is 0.780. The van der Waals surface area contributed by atoms with Crippen LogP contribution in [-0.4, -0.2) is 69.9 Å². The minimum absolute atomic E-state index is 0.0854. The molecule has 1 amide bonds. The molecule has 25 heavy (non-hydrogen) atoms. The van der Waals surface area contributed by atoms with Gasteiger partial charge in [-0.2, -0.15) is 0 Å². The van der Waals surface area contributed by atoms with Crippen LogP contribution in [0, 0.1) is 0 Å². The number of likely N-dealkylation sites (tertiary alicyclic amines) is 2. The number of carbonyl (C=O) groups is 1. The number of carbonyl (C=O) groups excluding carboxylic acids is 1. The van der Waals surface area contributed by atoms with Crippen molar-refractivity contribution in [1.82, 2.24) is 24.6 Å². The minimum Gasteiger partial charge on any atom is -0.372 e. The van der Waals surface area contributed by atoms with Crippen molar-refractivity contribution in [3.05, 3.63) is 11.6 Å². The molecular weight excluding hydrogens is 318 g/mol. The molecule has 0 aromatic carbocycles. The van der Waals surface area contributed by atoms with Crippen LogP contribution in [0.1, 0.15) is 56.6 Å². The molecule has 1 atom stereocenters. The summed E-state index contributed by atoms with van der Waals surface area (Å²) in [6.45, 7) is 7.41. The minimum atomic E-state index is 0.0854. The second kappa shape index (κ2) is 8.76. The Morgan fingerprint density at radius 2 is 1.96 bits per heavy atom. The van der Waals surface area contributed by atoms with Crippen molar-refractivity contribution in [2.45, 2.75) is 51.5 Å². The first kappa shape index (κ1) is 18.3. The molecule has 3 heterocycles. The molecule has 140 valence electrons. The van der Waals surface area contributed by atoms with E-state index in [1.807, 2.05) is 11.8 Å². The third-order valence-corrected chi connectivity index (χ3v) is 5.38. The molecule has 1 aromatic heterocycles. The zero-order chi connectivity index (χ0) is 17.6. The van der Waals surface area contributed by atoms with Gasteiger partial charge in [-0.25, -0.2) is 0 Å². The van der Waals surface area contributed by atoms with E-state index < -0.39 is 0 Å². The number of hydrogen-bond acceptors (Lipinski definition) is 5. The van der Waals surface area contributed by atoms with E-state index in [1.165, 1.54) is 19.3 Å². The fraction of sp³-hybridized carbons (Fsp3) is 0.833. The largest absolute Gasteiger partial charge is 0.372 e. The number of hydrogen-bond donors (Lipinski definition) is 0. The van der Waals surface area contributed by atoms with Gasteiger partial charge in [0.2, 0.25) is 5.91 Å². The molecule has 7 heteroatoms. The zero-order valence-corrected chi connectivity index (χ0v) is 15.6. The van der Waals surface area contributed by atoms with Crippen molar-refractivity contribution in [2.24, 2.45) is 7.05 Å². The molecule has 0 N–H and O–H groups in total. The molecule has 0 aliphatic carbocycles. The van der Waals surface area contributed by atoms with Crippen LogP contribution in [0.25, 0.3) is 0 Å². The number of rotatable bonds is 6. The Balaban J connectivity index is 1.62. The van der Waals surface area contributed by atoms with Gasteiger partial charge in [0.1, 0.15) is 18.3 Å². The van der Waals surface area contributed by atoms with E-state index in [-0.39, 0.29) is 18.4 Å². The lowest BCUT2D eigenvalue weighted by Gasteiger charge is -2.32. The third kappa shape index (κ3) is 4.58. The molecule has 2 saturated heterocycles. The van der Waals surface area contributed by atoms with Crippen molar-refractivity contribution in [3.63, 3.8) is 0 Å². The van der Waals surface area contributed by atoms with E-state index in [0.717, 1.165) is 57.2 Å². The maximum Gasteiger partial charge on any atom is 0.248 e. The summed E-state index contributed by atoms with van der Waals surface area (Å²) in [5, 5.41) is 8.93. The summed E-state index contributed by atoms with van der Waals surface area (Å²) in [5.41, 5.74) is 0. The Hall–Kier alpha value is -1.47. The zero-order valence-electron chi connectivity index (χ0n) is 15.6. The second-order valence-corrected chi connectivity index (χ2v) is 7.19. The highest BCUT2D eigenvalue weighted by molar-refractivity contribution is 5.77. The van der Waals surface area contributed by atoms with Gasteiger partial charge in [-0.3, -0.25) is 9.69 Å². The van der Waals surface area contributed by atoms with E-state index in [2.05, 4.69) is 26.7 Å². The Morgan fingerprint density at radius 1 is 1.16 bits per heavy atom. The van der Waals surface area contributed by atoms with Crippen LogP contribution in [0.4, 0.5) is 0 Å². The van der Waals surface area contributed by atoms with Gasteiger partial charge >= 0.3 is 0 Å². The molecule has 1 aromatic rings. The number of ether oxygens (including phenoxy) is 1. The van der Waals surface area contributed by atoms with Crippen molar-refractivity contribution in [2.75, 3.05) is 39.4 Å². The predicted octanol–water partition coefficient (Wildman–Crippen LogP) is 1.54. The maximum atomic E-state index is 12.2. The first-order valence-electron chi connectivity index (χ1n) is 9.65. The van der Waals surface area contributed by atoms with Gasteiger partial charge in [0.25, 0.3) is 0 Å². The number of aromatic nitrogens is 3. The highest BCUT2D eigenvalue weighted by Crippen LogP contribution is 2.26. The lowest BCUT2D eigenvalue weighted by molar-refractivity contribution is -0.137. The molecule has 0 saturated carbocycles. The molecule has 3 rings (SSSR count). The normalized spacial score (nSPS) is 22.3. The first-order valence-corrected chi connectivity index (χ1v) is 9.65. The standard InChI is InChI=1S/C18H31N5O2/c1-3-25-14-17(24)23-11-7-8-15(12-23)18-20-19-16(21(18)2)13-22-9-5-4-6-10-22/h15H,3-14H2,1-2H3/t15-/m0/s1. The molecule has 0 spiro atoms. The van der Waals surface area contributed by atoms with Crippen LogP contribution in [0.2, 0.25) is 0 Å². The van der Waals surface area contributed by atoms with Crippen LogP contribution in [0.5, 0.6) is 0 Å². The molecule has 2 aliphatic rings. The fourth-order valence-electron chi connectivity index (χ4n) is 3.88. The molecule has 7 nitrogen and oxygen atoms in total. The van der Waals surface area contributed by atoms with Gasteiger partial charge in [0, 0.05) is 32.7 Å². The molecule has 0 bridgehead atoms. The van der Waals surface area contributed by atoms with Gasteiger partial charge in [-0.05, 0) is 45.7 Å². The SMILES string of the molecule is CCOCC(=O)N1CCC[C@H](c2nnc(CN3CCCCC3)n2C)C1. The molecule has 0 unspecified atom stereocenters. The van der Waals surface area contributed by atoms with E-state index in [0.29, 0.717) is 6.61 Å². The monoisotopic (exact) mass is 349 g/mol. The Kier molecular flexibility index (Phi) is 6.42. The summed E-state index contributed by atoms with van der Waals surface area (Å²) in [5.74, 6) is 2.41. The van der Waals surface area contributed by atoms with Crippen LogP contribution >= 0.6 is 0 Å². The van der Waals surface area contributed by atoms with Gasteiger partial charge in [-0.15, -0.1) is 10.2 Å². The first-order chi connectivity index (χ1) is 12.2. The van der Waals surface area contributed by atoms with Gasteiger partial charge in [0.15, 0.2) is 0 Å². The molecule has 2 aliphatic heterocycles. The molecule has 0 radical (unpaired) electrons.